The van der Waals surface area contributed by atoms with Crippen molar-refractivity contribution in [3.05, 3.63) is 81.9 Å². The van der Waals surface area contributed by atoms with Gasteiger partial charge in [0, 0.05) is 12.6 Å². The number of nitrogens with one attached hydrogen (secondary N) is 2. The van der Waals surface area contributed by atoms with Crippen LogP contribution in [0.25, 0.3) is 6.08 Å². The number of nitriles is 1. The van der Waals surface area contributed by atoms with E-state index in [0.29, 0.717) is 5.69 Å². The highest BCUT2D eigenvalue weighted by molar-refractivity contribution is 7.87. The molecule has 0 saturated carbocycles. The van der Waals surface area contributed by atoms with Crippen LogP contribution in [0.5, 0.6) is 17.2 Å². The number of carbonyl (C=O) groups is 2. The third-order valence-corrected chi connectivity index (χ3v) is 6.42. The minimum atomic E-state index is -4.35. The molecule has 0 fully saturated rings. The fourth-order valence-electron chi connectivity index (χ4n) is 3.32. The number of benzene rings is 3. The molecule has 0 heterocycles. The first-order valence-corrected chi connectivity index (χ1v) is 12.6. The summed E-state index contributed by atoms with van der Waals surface area (Å²) >= 11 is 0. The SMILES string of the molecule is COc1ccc(NC(=O)/C(C#N)=C/c2ccc(OC)c(OS(=O)(=O)c3ccc(NC(C)=O)cc3)c2)c([N+](=O)[O-])c1. The van der Waals surface area contributed by atoms with Crippen molar-refractivity contribution in [2.45, 2.75) is 11.8 Å². The molecule has 13 nitrogen and oxygen atoms in total. The van der Waals surface area contributed by atoms with Crippen molar-refractivity contribution in [1.29, 1.82) is 5.26 Å². The predicted molar refractivity (Wildman–Crippen MR) is 143 cm³/mol. The first-order chi connectivity index (χ1) is 19.0. The number of hydrogen-bond acceptors (Lipinski definition) is 10. The van der Waals surface area contributed by atoms with E-state index < -0.39 is 32.2 Å². The Bertz CT molecular complexity index is 1640. The average Bonchev–Trinajstić information content (AvgIpc) is 2.91. The number of anilines is 2. The van der Waals surface area contributed by atoms with Crippen molar-refractivity contribution >= 4 is 45.1 Å². The Hall–Kier alpha value is -5.42. The van der Waals surface area contributed by atoms with E-state index in [4.69, 9.17) is 13.7 Å². The van der Waals surface area contributed by atoms with Crippen LogP contribution in [0.1, 0.15) is 12.5 Å². The molecule has 3 rings (SSSR count). The van der Waals surface area contributed by atoms with Crippen LogP contribution in [0.4, 0.5) is 17.1 Å². The van der Waals surface area contributed by atoms with Gasteiger partial charge < -0.3 is 24.3 Å². The normalized spacial score (nSPS) is 11.1. The van der Waals surface area contributed by atoms with E-state index in [9.17, 15) is 33.4 Å². The van der Waals surface area contributed by atoms with Crippen LogP contribution < -0.4 is 24.3 Å². The highest BCUT2D eigenvalue weighted by atomic mass is 32.2. The van der Waals surface area contributed by atoms with Crippen LogP contribution in [0.15, 0.2) is 71.1 Å². The zero-order valence-corrected chi connectivity index (χ0v) is 22.1. The van der Waals surface area contributed by atoms with Crippen molar-refractivity contribution in [3.63, 3.8) is 0 Å². The molecule has 3 aromatic rings. The molecule has 0 aliphatic carbocycles. The quantitative estimate of drug-likeness (QED) is 0.120. The van der Waals surface area contributed by atoms with Gasteiger partial charge in [-0.1, -0.05) is 6.07 Å². The number of carbonyl (C=O) groups excluding carboxylic acids is 2. The molecule has 14 heteroatoms. The Morgan fingerprint density at radius 3 is 2.25 bits per heavy atom. The van der Waals surface area contributed by atoms with Crippen molar-refractivity contribution < 1.29 is 36.6 Å². The Morgan fingerprint density at radius 2 is 1.68 bits per heavy atom. The van der Waals surface area contributed by atoms with Gasteiger partial charge in [0.25, 0.3) is 11.6 Å². The lowest BCUT2D eigenvalue weighted by Crippen LogP contribution is -2.14. The summed E-state index contributed by atoms with van der Waals surface area (Å²) in [6.07, 6.45) is 1.14. The van der Waals surface area contributed by atoms with Crippen LogP contribution in [0.2, 0.25) is 0 Å². The Balaban J connectivity index is 1.89. The molecular weight excluding hydrogens is 544 g/mol. The van der Waals surface area contributed by atoms with E-state index in [1.165, 1.54) is 75.7 Å². The van der Waals surface area contributed by atoms with Crippen LogP contribution in [-0.4, -0.2) is 39.4 Å². The molecule has 0 atom stereocenters. The van der Waals surface area contributed by atoms with Gasteiger partial charge in [0.2, 0.25) is 5.91 Å². The third kappa shape index (κ3) is 7.11. The van der Waals surface area contributed by atoms with Crippen molar-refractivity contribution in [3.8, 4) is 23.3 Å². The van der Waals surface area contributed by atoms with Crippen LogP contribution in [0, 0.1) is 21.4 Å². The molecule has 0 saturated heterocycles. The highest BCUT2D eigenvalue weighted by Gasteiger charge is 2.21. The molecule has 0 radical (unpaired) electrons. The van der Waals surface area contributed by atoms with E-state index in [0.717, 1.165) is 12.1 Å². The summed E-state index contributed by atoms with van der Waals surface area (Å²) in [7, 11) is -1.73. The number of hydrogen-bond donors (Lipinski definition) is 2. The smallest absolute Gasteiger partial charge is 0.339 e. The summed E-state index contributed by atoms with van der Waals surface area (Å²) in [4.78, 5) is 34.4. The van der Waals surface area contributed by atoms with E-state index >= 15 is 0 Å². The summed E-state index contributed by atoms with van der Waals surface area (Å²) in [5.41, 5.74) is -0.453. The number of nitro groups is 1. The van der Waals surface area contributed by atoms with Crippen LogP contribution in [-0.2, 0) is 19.7 Å². The van der Waals surface area contributed by atoms with Gasteiger partial charge >= 0.3 is 10.1 Å². The maximum atomic E-state index is 12.9. The molecular formula is C26H22N4O9S. The first-order valence-electron chi connectivity index (χ1n) is 11.2. The summed E-state index contributed by atoms with van der Waals surface area (Å²) < 4.78 is 41.2. The maximum Gasteiger partial charge on any atom is 0.339 e. The molecule has 0 unspecified atom stereocenters. The minimum Gasteiger partial charge on any atom is -0.496 e. The lowest BCUT2D eigenvalue weighted by Gasteiger charge is -2.12. The Labute approximate surface area is 228 Å². The number of amides is 2. The summed E-state index contributed by atoms with van der Waals surface area (Å²) in [6, 6.07) is 14.8. The minimum absolute atomic E-state index is 0.0485. The van der Waals surface area contributed by atoms with Crippen molar-refractivity contribution in [1.82, 2.24) is 0 Å². The third-order valence-electron chi connectivity index (χ3n) is 5.18. The van der Waals surface area contributed by atoms with Gasteiger partial charge in [-0.15, -0.1) is 0 Å². The van der Waals surface area contributed by atoms with E-state index in [1.807, 2.05) is 0 Å². The molecule has 40 heavy (non-hydrogen) atoms. The standard InChI is InChI=1S/C26H22N4O9S/c1-16(31)28-19-5-8-21(9-6-19)40(35,36)39-25-13-17(4-11-24(25)38-3)12-18(15-27)26(32)29-22-10-7-20(37-2)14-23(22)30(33)34/h4-14H,1-3H3,(H,28,31)(H,29,32)/b18-12+. The molecule has 0 spiro atoms. The molecule has 2 amide bonds. The Morgan fingerprint density at radius 1 is 0.975 bits per heavy atom. The van der Waals surface area contributed by atoms with Gasteiger partial charge in [0.05, 0.1) is 25.2 Å². The van der Waals surface area contributed by atoms with E-state index in [2.05, 4.69) is 10.6 Å². The lowest BCUT2D eigenvalue weighted by atomic mass is 10.1. The topological polar surface area (TPSA) is 187 Å². The zero-order valence-electron chi connectivity index (χ0n) is 21.3. The van der Waals surface area contributed by atoms with Gasteiger partial charge in [-0.05, 0) is 60.2 Å². The van der Waals surface area contributed by atoms with Crippen LogP contribution in [0.3, 0.4) is 0 Å². The number of nitrogens with zero attached hydrogens (tertiary/aromatic N) is 2. The molecule has 3 aromatic carbocycles. The van der Waals surface area contributed by atoms with Gasteiger partial charge in [-0.3, -0.25) is 19.7 Å². The predicted octanol–water partition coefficient (Wildman–Crippen LogP) is 3.88. The molecule has 0 bridgehead atoms. The number of nitro benzene ring substituents is 1. The molecule has 0 aliphatic rings. The monoisotopic (exact) mass is 566 g/mol. The molecule has 206 valence electrons. The van der Waals surface area contributed by atoms with E-state index in [-0.39, 0.29) is 39.3 Å². The second-order valence-electron chi connectivity index (χ2n) is 7.92. The number of methoxy groups -OCH3 is 2. The highest BCUT2D eigenvalue weighted by Crippen LogP contribution is 2.33. The average molecular weight is 567 g/mol. The van der Waals surface area contributed by atoms with Gasteiger partial charge in [0.1, 0.15) is 28.0 Å². The Kier molecular flexibility index (Phi) is 9.05. The van der Waals surface area contributed by atoms with Gasteiger partial charge in [-0.25, -0.2) is 0 Å². The fraction of sp³-hybridized carbons (Fsp3) is 0.115. The second kappa shape index (κ2) is 12.4. The van der Waals surface area contributed by atoms with Crippen molar-refractivity contribution in [2.75, 3.05) is 24.9 Å². The largest absolute Gasteiger partial charge is 0.496 e. The van der Waals surface area contributed by atoms with Crippen molar-refractivity contribution in [2.24, 2.45) is 0 Å². The maximum absolute atomic E-state index is 12.9. The lowest BCUT2D eigenvalue weighted by molar-refractivity contribution is -0.384. The summed E-state index contributed by atoms with van der Waals surface area (Å²) in [5, 5.41) is 25.8. The molecule has 0 aliphatic heterocycles. The summed E-state index contributed by atoms with van der Waals surface area (Å²) in [6.45, 7) is 1.31. The first kappa shape index (κ1) is 29.1. The molecule has 2 N–H and O–H groups in total. The van der Waals surface area contributed by atoms with Gasteiger partial charge in [-0.2, -0.15) is 13.7 Å². The number of rotatable bonds is 10. The van der Waals surface area contributed by atoms with E-state index in [1.54, 1.807) is 6.07 Å². The zero-order chi connectivity index (χ0) is 29.4. The number of ether oxygens (including phenoxy) is 2. The second-order valence-corrected chi connectivity index (χ2v) is 9.46. The van der Waals surface area contributed by atoms with Gasteiger partial charge in [0.15, 0.2) is 11.5 Å². The fourth-order valence-corrected chi connectivity index (χ4v) is 4.26. The summed E-state index contributed by atoms with van der Waals surface area (Å²) in [5.74, 6) is -1.25. The molecule has 0 aromatic heterocycles. The van der Waals surface area contributed by atoms with Crippen LogP contribution >= 0.6 is 0 Å².